The summed E-state index contributed by atoms with van der Waals surface area (Å²) in [5.41, 5.74) is -3.75. The number of aliphatic hydroxyl groups excluding tert-OH is 1. The summed E-state index contributed by atoms with van der Waals surface area (Å²) in [6.07, 6.45) is 0. The van der Waals surface area contributed by atoms with Gasteiger partial charge in [-0.15, -0.1) is 0 Å². The van der Waals surface area contributed by atoms with Crippen molar-refractivity contribution in [2.75, 3.05) is 13.2 Å². The molecule has 0 saturated heterocycles. The predicted octanol–water partition coefficient (Wildman–Crippen LogP) is 2.45. The SMILES string of the molecule is N#CC(NCCO)c1ccc(SC(F)(F)F)cc1. The van der Waals surface area contributed by atoms with E-state index in [0.29, 0.717) is 5.56 Å². The van der Waals surface area contributed by atoms with Crippen LogP contribution in [0.4, 0.5) is 13.2 Å². The molecule has 0 bridgehead atoms. The van der Waals surface area contributed by atoms with Gasteiger partial charge in [0, 0.05) is 11.4 Å². The Morgan fingerprint density at radius 1 is 1.33 bits per heavy atom. The molecule has 0 amide bonds. The van der Waals surface area contributed by atoms with E-state index in [1.165, 1.54) is 24.3 Å². The molecule has 0 saturated carbocycles. The van der Waals surface area contributed by atoms with E-state index in [9.17, 15) is 13.2 Å². The van der Waals surface area contributed by atoms with Crippen molar-refractivity contribution < 1.29 is 18.3 Å². The van der Waals surface area contributed by atoms with Crippen molar-refractivity contribution in [2.45, 2.75) is 16.4 Å². The average Bonchev–Trinajstić information content (AvgIpc) is 2.30. The van der Waals surface area contributed by atoms with Gasteiger partial charge in [-0.1, -0.05) is 12.1 Å². The first kappa shape index (κ1) is 14.8. The van der Waals surface area contributed by atoms with Crippen LogP contribution in [-0.4, -0.2) is 23.8 Å². The first-order valence-corrected chi connectivity index (χ1v) is 5.87. The van der Waals surface area contributed by atoms with Crippen LogP contribution in [0, 0.1) is 11.3 Å². The van der Waals surface area contributed by atoms with Gasteiger partial charge in [0.1, 0.15) is 6.04 Å². The number of halogens is 3. The quantitative estimate of drug-likeness (QED) is 0.811. The van der Waals surface area contributed by atoms with Crippen molar-refractivity contribution in [3.63, 3.8) is 0 Å². The maximum absolute atomic E-state index is 12.1. The third kappa shape index (κ3) is 4.96. The van der Waals surface area contributed by atoms with Crippen LogP contribution in [0.5, 0.6) is 0 Å². The number of rotatable bonds is 5. The van der Waals surface area contributed by atoms with Crippen LogP contribution in [0.2, 0.25) is 0 Å². The predicted molar refractivity (Wildman–Crippen MR) is 61.8 cm³/mol. The second kappa shape index (κ2) is 6.64. The van der Waals surface area contributed by atoms with Gasteiger partial charge in [0.2, 0.25) is 0 Å². The van der Waals surface area contributed by atoms with Gasteiger partial charge < -0.3 is 5.11 Å². The van der Waals surface area contributed by atoms with Gasteiger partial charge in [0.15, 0.2) is 0 Å². The van der Waals surface area contributed by atoms with Crippen LogP contribution < -0.4 is 5.32 Å². The molecule has 1 unspecified atom stereocenters. The molecular formula is C11H11F3N2OS. The lowest BCUT2D eigenvalue weighted by molar-refractivity contribution is -0.0328. The molecule has 18 heavy (non-hydrogen) atoms. The van der Waals surface area contributed by atoms with Crippen molar-refractivity contribution in [3.8, 4) is 6.07 Å². The molecule has 0 spiro atoms. The molecule has 0 aliphatic heterocycles. The largest absolute Gasteiger partial charge is 0.446 e. The molecule has 0 aliphatic rings. The molecule has 0 radical (unpaired) electrons. The lowest BCUT2D eigenvalue weighted by Gasteiger charge is -2.11. The van der Waals surface area contributed by atoms with Gasteiger partial charge in [-0.05, 0) is 29.5 Å². The third-order valence-electron chi connectivity index (χ3n) is 2.04. The van der Waals surface area contributed by atoms with Gasteiger partial charge in [0.25, 0.3) is 0 Å². The Morgan fingerprint density at radius 3 is 2.39 bits per heavy atom. The Hall–Kier alpha value is -1.23. The minimum Gasteiger partial charge on any atom is -0.395 e. The highest BCUT2D eigenvalue weighted by Gasteiger charge is 2.29. The summed E-state index contributed by atoms with van der Waals surface area (Å²) in [5, 5.41) is 20.3. The number of nitrogens with one attached hydrogen (secondary N) is 1. The van der Waals surface area contributed by atoms with Crippen molar-refractivity contribution in [1.82, 2.24) is 5.32 Å². The van der Waals surface area contributed by atoms with E-state index >= 15 is 0 Å². The summed E-state index contributed by atoms with van der Waals surface area (Å²) >= 11 is -0.197. The van der Waals surface area contributed by atoms with Gasteiger partial charge in [-0.3, -0.25) is 5.32 Å². The normalized spacial score (nSPS) is 13.1. The van der Waals surface area contributed by atoms with Crippen LogP contribution in [0.15, 0.2) is 29.2 Å². The smallest absolute Gasteiger partial charge is 0.395 e. The molecule has 98 valence electrons. The number of nitrogens with zero attached hydrogens (tertiary/aromatic N) is 1. The van der Waals surface area contributed by atoms with Crippen LogP contribution >= 0.6 is 11.8 Å². The number of hydrogen-bond donors (Lipinski definition) is 2. The first-order valence-electron chi connectivity index (χ1n) is 5.06. The van der Waals surface area contributed by atoms with Crippen LogP contribution in [-0.2, 0) is 0 Å². The van der Waals surface area contributed by atoms with E-state index in [-0.39, 0.29) is 29.8 Å². The van der Waals surface area contributed by atoms with E-state index in [0.717, 1.165) is 0 Å². The Bertz CT molecular complexity index is 414. The van der Waals surface area contributed by atoms with Crippen molar-refractivity contribution >= 4 is 11.8 Å². The topological polar surface area (TPSA) is 56.0 Å². The molecule has 1 aromatic rings. The van der Waals surface area contributed by atoms with Crippen molar-refractivity contribution in [2.24, 2.45) is 0 Å². The molecule has 0 fully saturated rings. The number of benzene rings is 1. The fourth-order valence-corrected chi connectivity index (χ4v) is 1.85. The monoisotopic (exact) mass is 276 g/mol. The zero-order valence-electron chi connectivity index (χ0n) is 9.24. The Kier molecular flexibility index (Phi) is 5.47. The highest BCUT2D eigenvalue weighted by Crippen LogP contribution is 2.36. The summed E-state index contributed by atoms with van der Waals surface area (Å²) in [6.45, 7) is 0.136. The summed E-state index contributed by atoms with van der Waals surface area (Å²) in [5.74, 6) is 0. The van der Waals surface area contributed by atoms with E-state index in [4.69, 9.17) is 10.4 Å². The molecule has 0 aliphatic carbocycles. The summed E-state index contributed by atoms with van der Waals surface area (Å²) in [7, 11) is 0. The second-order valence-corrected chi connectivity index (χ2v) is 4.50. The molecule has 0 aromatic heterocycles. The highest BCUT2D eigenvalue weighted by molar-refractivity contribution is 8.00. The van der Waals surface area contributed by atoms with E-state index in [2.05, 4.69) is 5.32 Å². The zero-order valence-corrected chi connectivity index (χ0v) is 10.1. The fraction of sp³-hybridized carbons (Fsp3) is 0.364. The molecular weight excluding hydrogens is 265 g/mol. The van der Waals surface area contributed by atoms with E-state index in [1.807, 2.05) is 6.07 Å². The minimum atomic E-state index is -4.31. The second-order valence-electron chi connectivity index (χ2n) is 3.36. The Labute approximate surface area is 107 Å². The van der Waals surface area contributed by atoms with Gasteiger partial charge in [0.05, 0.1) is 12.7 Å². The standard InChI is InChI=1S/C11H11F3N2OS/c12-11(13,14)18-9-3-1-8(2-4-9)10(7-15)16-5-6-17/h1-4,10,16-17H,5-6H2. The molecule has 3 nitrogen and oxygen atoms in total. The number of thioether (sulfide) groups is 1. The zero-order chi connectivity index (χ0) is 13.6. The maximum atomic E-state index is 12.1. The molecule has 0 heterocycles. The number of hydrogen-bond acceptors (Lipinski definition) is 4. The molecule has 2 N–H and O–H groups in total. The fourth-order valence-electron chi connectivity index (χ4n) is 1.31. The summed E-state index contributed by atoms with van der Waals surface area (Å²) in [4.78, 5) is 0.0742. The van der Waals surface area contributed by atoms with Gasteiger partial charge in [-0.25, -0.2) is 0 Å². The summed E-state index contributed by atoms with van der Waals surface area (Å²) < 4.78 is 36.3. The van der Waals surface area contributed by atoms with Crippen LogP contribution in [0.1, 0.15) is 11.6 Å². The first-order chi connectivity index (χ1) is 8.46. The number of nitriles is 1. The number of aliphatic hydroxyl groups is 1. The average molecular weight is 276 g/mol. The lowest BCUT2D eigenvalue weighted by atomic mass is 10.1. The molecule has 1 rings (SSSR count). The Balaban J connectivity index is 2.72. The van der Waals surface area contributed by atoms with Crippen molar-refractivity contribution in [3.05, 3.63) is 29.8 Å². The van der Waals surface area contributed by atoms with E-state index in [1.54, 1.807) is 0 Å². The third-order valence-corrected chi connectivity index (χ3v) is 2.78. The summed E-state index contributed by atoms with van der Waals surface area (Å²) in [6, 6.07) is 6.90. The maximum Gasteiger partial charge on any atom is 0.446 e. The molecule has 1 atom stereocenters. The van der Waals surface area contributed by atoms with Gasteiger partial charge in [-0.2, -0.15) is 18.4 Å². The molecule has 1 aromatic carbocycles. The lowest BCUT2D eigenvalue weighted by Crippen LogP contribution is -2.23. The highest BCUT2D eigenvalue weighted by atomic mass is 32.2. The minimum absolute atomic E-state index is 0.0742. The van der Waals surface area contributed by atoms with E-state index < -0.39 is 11.6 Å². The van der Waals surface area contributed by atoms with Crippen LogP contribution in [0.25, 0.3) is 0 Å². The van der Waals surface area contributed by atoms with Gasteiger partial charge >= 0.3 is 5.51 Å². The molecule has 7 heteroatoms. The number of alkyl halides is 3. The van der Waals surface area contributed by atoms with Crippen molar-refractivity contribution in [1.29, 1.82) is 5.26 Å². The Morgan fingerprint density at radius 2 is 1.94 bits per heavy atom. The van der Waals surface area contributed by atoms with Crippen LogP contribution in [0.3, 0.4) is 0 Å².